The minimum absolute atomic E-state index is 0.0991. The number of aryl methyl sites for hydroxylation is 1. The molecule has 0 atom stereocenters. The van der Waals surface area contributed by atoms with Gasteiger partial charge in [0.2, 0.25) is 5.91 Å². The Labute approximate surface area is 116 Å². The third-order valence-corrected chi connectivity index (χ3v) is 2.69. The number of fused-ring (bicyclic) bond motifs is 1. The van der Waals surface area contributed by atoms with Gasteiger partial charge in [0.15, 0.2) is 0 Å². The summed E-state index contributed by atoms with van der Waals surface area (Å²) in [5.41, 5.74) is 8.61. The number of carbonyl (C=O) groups is 1. The van der Waals surface area contributed by atoms with Gasteiger partial charge in [0, 0.05) is 19.3 Å². The summed E-state index contributed by atoms with van der Waals surface area (Å²) < 4.78 is 1.34. The predicted octanol–water partition coefficient (Wildman–Crippen LogP) is 2.06. The van der Waals surface area contributed by atoms with Crippen LogP contribution in [0.1, 0.15) is 17.4 Å². The van der Waals surface area contributed by atoms with Crippen molar-refractivity contribution in [1.82, 2.24) is 19.7 Å². The molecular weight excluding hydrogens is 254 g/mol. The van der Waals surface area contributed by atoms with Crippen LogP contribution in [0, 0.1) is 6.92 Å². The van der Waals surface area contributed by atoms with Crippen LogP contribution in [-0.2, 0) is 0 Å². The van der Waals surface area contributed by atoms with Gasteiger partial charge in [-0.1, -0.05) is 0 Å². The zero-order valence-electron chi connectivity index (χ0n) is 11.3. The molecule has 0 aromatic carbocycles. The summed E-state index contributed by atoms with van der Waals surface area (Å²) in [4.78, 5) is 19.0. The number of nitrogens with zero attached hydrogens (tertiary/aromatic N) is 4. The van der Waals surface area contributed by atoms with E-state index < -0.39 is 0 Å². The third-order valence-electron chi connectivity index (χ3n) is 2.69. The minimum atomic E-state index is -0.0991. The molecule has 3 aromatic rings. The van der Waals surface area contributed by atoms with Crippen LogP contribution >= 0.6 is 0 Å². The lowest BCUT2D eigenvalue weighted by Crippen LogP contribution is -2.06. The van der Waals surface area contributed by atoms with Crippen LogP contribution in [0.2, 0.25) is 0 Å². The highest BCUT2D eigenvalue weighted by Crippen LogP contribution is 2.08. The molecule has 0 fully saturated rings. The Balaban J connectivity index is 0.000000160. The van der Waals surface area contributed by atoms with Gasteiger partial charge in [-0.15, -0.1) is 0 Å². The lowest BCUT2D eigenvalue weighted by Gasteiger charge is -1.94. The van der Waals surface area contributed by atoms with Crippen molar-refractivity contribution >= 4 is 22.6 Å². The summed E-state index contributed by atoms with van der Waals surface area (Å²) in [6.45, 7) is 3.36. The van der Waals surface area contributed by atoms with E-state index in [9.17, 15) is 4.79 Å². The summed E-state index contributed by atoms with van der Waals surface area (Å²) in [7, 11) is 0. The van der Waals surface area contributed by atoms with Gasteiger partial charge in [0.25, 0.3) is 0 Å². The van der Waals surface area contributed by atoms with E-state index in [0.717, 1.165) is 22.4 Å². The van der Waals surface area contributed by atoms with E-state index in [1.165, 1.54) is 11.6 Å². The molecule has 0 aliphatic carbocycles. The van der Waals surface area contributed by atoms with E-state index in [1.54, 1.807) is 24.7 Å². The molecule has 0 radical (unpaired) electrons. The number of anilines is 1. The first-order valence-corrected chi connectivity index (χ1v) is 6.06. The fourth-order valence-electron chi connectivity index (χ4n) is 1.61. The highest BCUT2D eigenvalue weighted by molar-refractivity contribution is 5.87. The quantitative estimate of drug-likeness (QED) is 0.675. The normalized spacial score (nSPS) is 9.90. The minimum Gasteiger partial charge on any atom is -0.397 e. The highest BCUT2D eigenvalue weighted by Gasteiger charge is 2.04. The van der Waals surface area contributed by atoms with E-state index in [0.29, 0.717) is 0 Å². The lowest BCUT2D eigenvalue weighted by molar-refractivity contribution is 0.0927. The van der Waals surface area contributed by atoms with Crippen molar-refractivity contribution in [2.75, 3.05) is 5.73 Å². The summed E-state index contributed by atoms with van der Waals surface area (Å²) in [5.74, 6) is -0.0991. The third kappa shape index (κ3) is 2.97. The SMILES string of the molecule is CC(=O)n1ncc2ncccc21.Cc1ncccc1N. The van der Waals surface area contributed by atoms with Crippen LogP contribution in [-0.4, -0.2) is 25.7 Å². The molecule has 0 amide bonds. The number of pyridine rings is 2. The molecule has 6 heteroatoms. The maximum atomic E-state index is 11.0. The fraction of sp³-hybridized carbons (Fsp3) is 0.143. The van der Waals surface area contributed by atoms with Crippen LogP contribution in [0.25, 0.3) is 11.0 Å². The molecule has 3 rings (SSSR count). The van der Waals surface area contributed by atoms with E-state index in [1.807, 2.05) is 25.1 Å². The average Bonchev–Trinajstić information content (AvgIpc) is 2.87. The lowest BCUT2D eigenvalue weighted by atomic mass is 10.3. The molecule has 2 N–H and O–H groups in total. The van der Waals surface area contributed by atoms with Gasteiger partial charge in [0.1, 0.15) is 5.52 Å². The van der Waals surface area contributed by atoms with Gasteiger partial charge in [-0.2, -0.15) is 9.78 Å². The van der Waals surface area contributed by atoms with E-state index in [4.69, 9.17) is 5.73 Å². The zero-order valence-corrected chi connectivity index (χ0v) is 11.3. The number of carbonyl (C=O) groups excluding carboxylic acids is 1. The van der Waals surface area contributed by atoms with Gasteiger partial charge in [-0.25, -0.2) is 0 Å². The van der Waals surface area contributed by atoms with Crippen molar-refractivity contribution in [1.29, 1.82) is 0 Å². The number of aromatic nitrogens is 4. The van der Waals surface area contributed by atoms with Gasteiger partial charge in [0.05, 0.1) is 23.1 Å². The maximum Gasteiger partial charge on any atom is 0.244 e. The van der Waals surface area contributed by atoms with E-state index >= 15 is 0 Å². The molecule has 6 nitrogen and oxygen atoms in total. The maximum absolute atomic E-state index is 11.0. The number of nitrogens with two attached hydrogens (primary N) is 1. The van der Waals surface area contributed by atoms with Crippen molar-refractivity contribution in [2.45, 2.75) is 13.8 Å². The monoisotopic (exact) mass is 269 g/mol. The number of nitrogen functional groups attached to an aromatic ring is 1. The largest absolute Gasteiger partial charge is 0.397 e. The smallest absolute Gasteiger partial charge is 0.244 e. The summed E-state index contributed by atoms with van der Waals surface area (Å²) >= 11 is 0. The first kappa shape index (κ1) is 13.7. The molecule has 0 saturated carbocycles. The highest BCUT2D eigenvalue weighted by atomic mass is 16.2. The molecule has 0 unspecified atom stereocenters. The second kappa shape index (κ2) is 5.92. The Hall–Kier alpha value is -2.76. The van der Waals surface area contributed by atoms with Crippen molar-refractivity contribution in [3.05, 3.63) is 48.5 Å². The topological polar surface area (TPSA) is 86.7 Å². The summed E-state index contributed by atoms with van der Waals surface area (Å²) in [6, 6.07) is 7.25. The first-order chi connectivity index (χ1) is 9.59. The van der Waals surface area contributed by atoms with Crippen molar-refractivity contribution in [3.63, 3.8) is 0 Å². The van der Waals surface area contributed by atoms with Crippen LogP contribution in [0.5, 0.6) is 0 Å². The van der Waals surface area contributed by atoms with Gasteiger partial charge < -0.3 is 5.73 Å². The Morgan fingerprint density at radius 1 is 1.20 bits per heavy atom. The Morgan fingerprint density at radius 3 is 2.50 bits per heavy atom. The zero-order chi connectivity index (χ0) is 14.5. The Bertz CT molecular complexity index is 714. The molecule has 0 spiro atoms. The molecular formula is C14H15N5O. The molecule has 0 aliphatic heterocycles. The van der Waals surface area contributed by atoms with Crippen LogP contribution < -0.4 is 5.73 Å². The number of hydrogen-bond donors (Lipinski definition) is 1. The van der Waals surface area contributed by atoms with Gasteiger partial charge in [-0.05, 0) is 31.2 Å². The fourth-order valence-corrected chi connectivity index (χ4v) is 1.61. The summed E-state index contributed by atoms with van der Waals surface area (Å²) in [6.07, 6.45) is 4.98. The second-order valence-corrected chi connectivity index (χ2v) is 4.16. The average molecular weight is 269 g/mol. The standard InChI is InChI=1S/C8H7N3O.C6H8N2/c1-6(12)11-8-3-2-4-9-7(8)5-10-11;1-5-6(7)3-2-4-8-5/h2-5H,1H3;2-4H,7H2,1H3. The molecule has 102 valence electrons. The molecule has 3 aromatic heterocycles. The first-order valence-electron chi connectivity index (χ1n) is 6.06. The molecule has 0 aliphatic rings. The van der Waals surface area contributed by atoms with Gasteiger partial charge in [-0.3, -0.25) is 14.8 Å². The second-order valence-electron chi connectivity index (χ2n) is 4.16. The molecule has 0 saturated heterocycles. The number of rotatable bonds is 0. The molecule has 0 bridgehead atoms. The van der Waals surface area contributed by atoms with Crippen LogP contribution in [0.3, 0.4) is 0 Å². The van der Waals surface area contributed by atoms with E-state index in [-0.39, 0.29) is 5.91 Å². The Kier molecular flexibility index (Phi) is 4.05. The van der Waals surface area contributed by atoms with Crippen molar-refractivity contribution in [2.24, 2.45) is 0 Å². The summed E-state index contributed by atoms with van der Waals surface area (Å²) in [5, 5.41) is 3.90. The van der Waals surface area contributed by atoms with E-state index in [2.05, 4.69) is 15.1 Å². The number of hydrogen-bond acceptors (Lipinski definition) is 5. The van der Waals surface area contributed by atoms with Gasteiger partial charge >= 0.3 is 0 Å². The molecule has 3 heterocycles. The van der Waals surface area contributed by atoms with Crippen molar-refractivity contribution < 1.29 is 4.79 Å². The van der Waals surface area contributed by atoms with Crippen LogP contribution in [0.15, 0.2) is 42.9 Å². The molecule has 20 heavy (non-hydrogen) atoms. The Morgan fingerprint density at radius 2 is 1.90 bits per heavy atom. The van der Waals surface area contributed by atoms with Crippen LogP contribution in [0.4, 0.5) is 5.69 Å². The van der Waals surface area contributed by atoms with Crippen molar-refractivity contribution in [3.8, 4) is 0 Å². The predicted molar refractivity (Wildman–Crippen MR) is 77.2 cm³/mol.